The van der Waals surface area contributed by atoms with E-state index in [0.717, 1.165) is 12.1 Å². The Balaban J connectivity index is 2.26. The van der Waals surface area contributed by atoms with E-state index in [2.05, 4.69) is 4.90 Å². The zero-order valence-corrected chi connectivity index (χ0v) is 12.9. The van der Waals surface area contributed by atoms with Gasteiger partial charge in [0.15, 0.2) is 6.10 Å². The smallest absolute Gasteiger partial charge is 0.336 e. The summed E-state index contributed by atoms with van der Waals surface area (Å²) in [6, 6.07) is 9.72. The fourth-order valence-corrected chi connectivity index (χ4v) is 4.07. The van der Waals surface area contributed by atoms with Gasteiger partial charge in [-0.05, 0) is 26.6 Å². The molecule has 110 valence electrons. The molecule has 0 spiro atoms. The number of benzene rings is 1. The van der Waals surface area contributed by atoms with Crippen LogP contribution in [-0.4, -0.2) is 54.6 Å². The largest absolute Gasteiger partial charge is 0.464 e. The second-order valence-corrected chi connectivity index (χ2v) is 6.66. The van der Waals surface area contributed by atoms with E-state index in [0.29, 0.717) is 0 Å². The molecule has 3 unspecified atom stereocenters. The molecule has 0 amide bonds. The van der Waals surface area contributed by atoms with Crippen LogP contribution in [0.4, 0.5) is 0 Å². The SMILES string of the molecule is CCOC(=O)C(O)C1(c2ccccc2)SC1CN(C)C. The number of ether oxygens (including phenoxy) is 1. The van der Waals surface area contributed by atoms with Crippen molar-refractivity contribution in [2.45, 2.75) is 23.0 Å². The Labute approximate surface area is 124 Å². The molecule has 4 nitrogen and oxygen atoms in total. The van der Waals surface area contributed by atoms with Crippen LogP contribution in [0.5, 0.6) is 0 Å². The van der Waals surface area contributed by atoms with E-state index in [1.165, 1.54) is 0 Å². The fraction of sp³-hybridized carbons (Fsp3) is 0.533. The van der Waals surface area contributed by atoms with E-state index in [1.54, 1.807) is 18.7 Å². The Morgan fingerprint density at radius 1 is 1.45 bits per heavy atom. The summed E-state index contributed by atoms with van der Waals surface area (Å²) >= 11 is 1.64. The Hall–Kier alpha value is -1.04. The van der Waals surface area contributed by atoms with E-state index in [1.807, 2.05) is 44.4 Å². The highest BCUT2D eigenvalue weighted by Crippen LogP contribution is 2.63. The van der Waals surface area contributed by atoms with Gasteiger partial charge in [0.2, 0.25) is 0 Å². The van der Waals surface area contributed by atoms with Crippen LogP contribution in [0.1, 0.15) is 12.5 Å². The Morgan fingerprint density at radius 3 is 2.65 bits per heavy atom. The lowest BCUT2D eigenvalue weighted by Gasteiger charge is -2.22. The lowest BCUT2D eigenvalue weighted by molar-refractivity contribution is -0.154. The molecule has 1 saturated heterocycles. The van der Waals surface area contributed by atoms with Gasteiger partial charge in [0.1, 0.15) is 0 Å². The van der Waals surface area contributed by atoms with Crippen molar-refractivity contribution in [1.82, 2.24) is 4.90 Å². The van der Waals surface area contributed by atoms with Crippen LogP contribution in [-0.2, 0) is 14.3 Å². The molecule has 3 atom stereocenters. The van der Waals surface area contributed by atoms with Crippen LogP contribution in [0.2, 0.25) is 0 Å². The number of carbonyl (C=O) groups is 1. The van der Waals surface area contributed by atoms with Gasteiger partial charge in [-0.1, -0.05) is 30.3 Å². The van der Waals surface area contributed by atoms with Gasteiger partial charge in [-0.2, -0.15) is 0 Å². The minimum Gasteiger partial charge on any atom is -0.464 e. The fourth-order valence-electron chi connectivity index (χ4n) is 2.45. The molecule has 0 aromatic heterocycles. The number of nitrogens with zero attached hydrogens (tertiary/aromatic N) is 1. The minimum atomic E-state index is -1.13. The first-order valence-electron chi connectivity index (χ1n) is 6.75. The Bertz CT molecular complexity index is 465. The van der Waals surface area contributed by atoms with Crippen LogP contribution in [0.15, 0.2) is 30.3 Å². The number of rotatable bonds is 6. The number of carbonyl (C=O) groups excluding carboxylic acids is 1. The quantitative estimate of drug-likeness (QED) is 0.636. The molecule has 0 saturated carbocycles. The van der Waals surface area contributed by atoms with Crippen molar-refractivity contribution in [3.05, 3.63) is 35.9 Å². The van der Waals surface area contributed by atoms with Gasteiger partial charge in [-0.3, -0.25) is 0 Å². The maximum atomic E-state index is 11.9. The monoisotopic (exact) mass is 295 g/mol. The molecule has 1 fully saturated rings. The molecule has 1 aromatic rings. The van der Waals surface area contributed by atoms with Gasteiger partial charge in [0.25, 0.3) is 0 Å². The number of thioether (sulfide) groups is 1. The highest BCUT2D eigenvalue weighted by molar-refractivity contribution is 8.08. The van der Waals surface area contributed by atoms with Crippen molar-refractivity contribution >= 4 is 17.7 Å². The zero-order chi connectivity index (χ0) is 14.8. The Morgan fingerprint density at radius 2 is 2.10 bits per heavy atom. The van der Waals surface area contributed by atoms with Crippen molar-refractivity contribution in [3.8, 4) is 0 Å². The molecular weight excluding hydrogens is 274 g/mol. The average Bonchev–Trinajstić information content (AvgIpc) is 3.13. The highest BCUT2D eigenvalue weighted by Gasteiger charge is 2.63. The number of hydrogen-bond donors (Lipinski definition) is 1. The lowest BCUT2D eigenvalue weighted by atomic mass is 9.90. The summed E-state index contributed by atoms with van der Waals surface area (Å²) in [6.07, 6.45) is -1.13. The third-order valence-electron chi connectivity index (χ3n) is 3.43. The second kappa shape index (κ2) is 6.16. The van der Waals surface area contributed by atoms with Crippen LogP contribution < -0.4 is 0 Å². The number of aliphatic hydroxyl groups excluding tert-OH is 1. The summed E-state index contributed by atoms with van der Waals surface area (Å²) in [6.45, 7) is 2.84. The van der Waals surface area contributed by atoms with Gasteiger partial charge in [0.05, 0.1) is 11.4 Å². The van der Waals surface area contributed by atoms with Crippen LogP contribution in [0.3, 0.4) is 0 Å². The van der Waals surface area contributed by atoms with Gasteiger partial charge in [-0.15, -0.1) is 11.8 Å². The minimum absolute atomic E-state index is 0.194. The standard InChI is InChI=1S/C15H21NO3S/c1-4-19-14(18)13(17)15(11-8-6-5-7-9-11)12(20-15)10-16(2)3/h5-9,12-13,17H,4,10H2,1-3H3. The van der Waals surface area contributed by atoms with Crippen molar-refractivity contribution in [2.75, 3.05) is 27.2 Å². The lowest BCUT2D eigenvalue weighted by Crippen LogP contribution is -2.39. The molecule has 0 bridgehead atoms. The van der Waals surface area contributed by atoms with E-state index < -0.39 is 16.8 Å². The number of aliphatic hydroxyl groups is 1. The third kappa shape index (κ3) is 2.85. The topological polar surface area (TPSA) is 49.8 Å². The molecule has 1 N–H and O–H groups in total. The second-order valence-electron chi connectivity index (χ2n) is 5.18. The predicted octanol–water partition coefficient (Wildman–Crippen LogP) is 1.48. The van der Waals surface area contributed by atoms with E-state index in [4.69, 9.17) is 4.74 Å². The first-order chi connectivity index (χ1) is 9.52. The summed E-state index contributed by atoms with van der Waals surface area (Å²) in [5, 5.41) is 10.7. The zero-order valence-electron chi connectivity index (χ0n) is 12.1. The van der Waals surface area contributed by atoms with Gasteiger partial charge < -0.3 is 14.7 Å². The maximum absolute atomic E-state index is 11.9. The normalized spacial score (nSPS) is 26.4. The summed E-state index contributed by atoms with van der Waals surface area (Å²) in [5.41, 5.74) is 0.984. The van der Waals surface area contributed by atoms with Crippen LogP contribution in [0, 0.1) is 0 Å². The van der Waals surface area contributed by atoms with Crippen molar-refractivity contribution < 1.29 is 14.6 Å². The van der Waals surface area contributed by atoms with Gasteiger partial charge in [-0.25, -0.2) is 4.79 Å². The number of esters is 1. The predicted molar refractivity (Wildman–Crippen MR) is 80.7 cm³/mol. The van der Waals surface area contributed by atoms with E-state index >= 15 is 0 Å². The molecule has 1 heterocycles. The third-order valence-corrected chi connectivity index (χ3v) is 5.12. The van der Waals surface area contributed by atoms with E-state index in [9.17, 15) is 9.90 Å². The van der Waals surface area contributed by atoms with Crippen molar-refractivity contribution in [2.24, 2.45) is 0 Å². The molecule has 0 radical (unpaired) electrons. The first kappa shape index (κ1) is 15.4. The van der Waals surface area contributed by atoms with Crippen LogP contribution >= 0.6 is 11.8 Å². The summed E-state index contributed by atoms with van der Waals surface area (Å²) in [7, 11) is 3.98. The van der Waals surface area contributed by atoms with Crippen molar-refractivity contribution in [3.63, 3.8) is 0 Å². The first-order valence-corrected chi connectivity index (χ1v) is 7.63. The molecule has 1 aliphatic rings. The molecule has 1 aromatic carbocycles. The Kier molecular flexibility index (Phi) is 4.73. The summed E-state index contributed by atoms with van der Waals surface area (Å²) in [4.78, 5) is 14.0. The van der Waals surface area contributed by atoms with E-state index in [-0.39, 0.29) is 11.9 Å². The molecular formula is C15H21NO3S. The number of hydrogen-bond acceptors (Lipinski definition) is 5. The summed E-state index contributed by atoms with van der Waals surface area (Å²) in [5.74, 6) is -0.537. The summed E-state index contributed by atoms with van der Waals surface area (Å²) < 4.78 is 4.42. The van der Waals surface area contributed by atoms with Crippen molar-refractivity contribution in [1.29, 1.82) is 0 Å². The highest BCUT2D eigenvalue weighted by atomic mass is 32.2. The maximum Gasteiger partial charge on any atom is 0.336 e. The molecule has 20 heavy (non-hydrogen) atoms. The molecule has 5 heteroatoms. The molecule has 0 aliphatic carbocycles. The molecule has 1 aliphatic heterocycles. The molecule has 2 rings (SSSR count). The van der Waals surface area contributed by atoms with Crippen LogP contribution in [0.25, 0.3) is 0 Å². The average molecular weight is 295 g/mol. The van der Waals surface area contributed by atoms with Gasteiger partial charge in [0, 0.05) is 11.8 Å². The van der Waals surface area contributed by atoms with Gasteiger partial charge >= 0.3 is 5.97 Å².